The Balaban J connectivity index is 1.69. The Labute approximate surface area is 177 Å². The first-order valence-corrected chi connectivity index (χ1v) is 10.3. The van der Waals surface area contributed by atoms with Gasteiger partial charge in [-0.25, -0.2) is 4.79 Å². The number of benzene rings is 1. The van der Waals surface area contributed by atoms with Crippen molar-refractivity contribution >= 4 is 12.0 Å². The maximum absolute atomic E-state index is 12.6. The van der Waals surface area contributed by atoms with Crippen molar-refractivity contribution in [2.24, 2.45) is 11.7 Å². The Morgan fingerprint density at radius 2 is 2.03 bits per heavy atom. The van der Waals surface area contributed by atoms with E-state index < -0.39 is 0 Å². The normalized spacial score (nSPS) is 13.0. The molecule has 30 heavy (non-hydrogen) atoms. The largest absolute Gasteiger partial charge is 0.370 e. The maximum atomic E-state index is 12.6. The number of aromatic nitrogens is 2. The van der Waals surface area contributed by atoms with Gasteiger partial charge in [0.2, 0.25) is 0 Å². The van der Waals surface area contributed by atoms with Crippen LogP contribution in [0.4, 0.5) is 0 Å². The lowest BCUT2D eigenvalue weighted by molar-refractivity contribution is 0.639. The zero-order chi connectivity index (χ0) is 21.5. The maximum Gasteiger partial charge on any atom is 0.352 e. The summed E-state index contributed by atoms with van der Waals surface area (Å²) in [5, 5.41) is 13.3. The number of hydrogen-bond acceptors (Lipinski definition) is 4. The molecule has 1 aromatic heterocycles. The number of nitrogens with zero attached hydrogens (tertiary/aromatic N) is 2. The van der Waals surface area contributed by atoms with Crippen LogP contribution in [0, 0.1) is 11.3 Å². The van der Waals surface area contributed by atoms with Crippen LogP contribution in [0.5, 0.6) is 0 Å². The summed E-state index contributed by atoms with van der Waals surface area (Å²) in [6.07, 6.45) is 9.78. The second-order valence-corrected chi connectivity index (χ2v) is 7.74. The summed E-state index contributed by atoms with van der Waals surface area (Å²) in [6, 6.07) is 7.94. The summed E-state index contributed by atoms with van der Waals surface area (Å²) in [5.74, 6) is 0.415. The van der Waals surface area contributed by atoms with Gasteiger partial charge in [0.05, 0.1) is 11.4 Å². The van der Waals surface area contributed by atoms with Gasteiger partial charge in [0, 0.05) is 31.3 Å². The molecule has 1 aliphatic carbocycles. The number of fused-ring (bicyclic) bond motifs is 1. The lowest BCUT2D eigenvalue weighted by atomic mass is 10.0. The average molecular weight is 407 g/mol. The molecule has 0 unspecified atom stereocenters. The van der Waals surface area contributed by atoms with Crippen LogP contribution in [0.15, 0.2) is 53.0 Å². The third-order valence-electron chi connectivity index (χ3n) is 5.04. The van der Waals surface area contributed by atoms with Crippen LogP contribution in [0.1, 0.15) is 37.1 Å². The average Bonchev–Trinajstić information content (AvgIpc) is 2.92. The molecule has 0 spiro atoms. The summed E-state index contributed by atoms with van der Waals surface area (Å²) in [4.78, 5) is 16.9. The highest BCUT2D eigenvalue weighted by molar-refractivity contribution is 5.74. The Morgan fingerprint density at radius 1 is 1.27 bits per heavy atom. The lowest BCUT2D eigenvalue weighted by Crippen LogP contribution is -2.32. The molecule has 0 aliphatic heterocycles. The highest BCUT2D eigenvalue weighted by atomic mass is 16.1. The third-order valence-corrected chi connectivity index (χ3v) is 5.04. The molecule has 0 radical (unpaired) electrons. The van der Waals surface area contributed by atoms with E-state index in [1.807, 2.05) is 30.5 Å². The van der Waals surface area contributed by atoms with Gasteiger partial charge in [-0.3, -0.25) is 9.98 Å². The van der Waals surface area contributed by atoms with Gasteiger partial charge in [0.25, 0.3) is 0 Å². The molecule has 0 bridgehead atoms. The van der Waals surface area contributed by atoms with Crippen LogP contribution in [-0.4, -0.2) is 28.6 Å². The van der Waals surface area contributed by atoms with Gasteiger partial charge >= 0.3 is 5.69 Å². The Morgan fingerprint density at radius 3 is 2.73 bits per heavy atom. The predicted molar refractivity (Wildman–Crippen MR) is 122 cm³/mol. The minimum Gasteiger partial charge on any atom is -0.370 e. The minimum atomic E-state index is -0.257. The molecular weight excluding hydrogens is 376 g/mol. The second kappa shape index (κ2) is 10.0. The van der Waals surface area contributed by atoms with E-state index in [0.29, 0.717) is 18.9 Å². The zero-order valence-corrected chi connectivity index (χ0v) is 17.6. The van der Waals surface area contributed by atoms with Gasteiger partial charge in [-0.1, -0.05) is 38.1 Å². The molecule has 0 saturated carbocycles. The van der Waals surface area contributed by atoms with Crippen molar-refractivity contribution in [3.8, 4) is 5.69 Å². The predicted octanol–water partition coefficient (Wildman–Crippen LogP) is 2.35. The van der Waals surface area contributed by atoms with Gasteiger partial charge in [-0.2, -0.15) is 4.98 Å². The fourth-order valence-corrected chi connectivity index (χ4v) is 3.31. The first-order chi connectivity index (χ1) is 14.4. The molecule has 1 aliphatic rings. The highest BCUT2D eigenvalue weighted by Crippen LogP contribution is 2.22. The zero-order valence-electron chi connectivity index (χ0n) is 17.6. The van der Waals surface area contributed by atoms with Crippen molar-refractivity contribution in [1.82, 2.24) is 20.2 Å². The number of allylic oxidation sites excluding steroid dienone is 3. The summed E-state index contributed by atoms with van der Waals surface area (Å²) < 4.78 is 1.61. The second-order valence-electron chi connectivity index (χ2n) is 7.74. The molecule has 3 rings (SSSR count). The summed E-state index contributed by atoms with van der Waals surface area (Å²) in [7, 11) is 0. The smallest absolute Gasteiger partial charge is 0.352 e. The third kappa shape index (κ3) is 5.67. The van der Waals surface area contributed by atoms with E-state index in [1.165, 1.54) is 5.57 Å². The number of hydrogen-bond donors (Lipinski definition) is 4. The summed E-state index contributed by atoms with van der Waals surface area (Å²) in [5.41, 5.74) is 9.99. The number of rotatable bonds is 8. The minimum absolute atomic E-state index is 0.000282. The Hall–Kier alpha value is -3.19. The topological polar surface area (TPSA) is 109 Å². The molecule has 5 N–H and O–H groups in total. The number of nitrogens with one attached hydrogen (secondary N) is 3. The quantitative estimate of drug-likeness (QED) is 0.306. The van der Waals surface area contributed by atoms with E-state index in [2.05, 4.69) is 47.7 Å². The van der Waals surface area contributed by atoms with E-state index >= 15 is 0 Å². The van der Waals surface area contributed by atoms with Gasteiger partial charge in [0.1, 0.15) is 0 Å². The van der Waals surface area contributed by atoms with Crippen LogP contribution in [-0.2, 0) is 13.0 Å². The molecule has 0 amide bonds. The van der Waals surface area contributed by atoms with Gasteiger partial charge in [-0.05, 0) is 48.2 Å². The number of nitrogens with two attached hydrogens (primary N) is 1. The van der Waals surface area contributed by atoms with Crippen molar-refractivity contribution < 1.29 is 0 Å². The molecular formula is C23H30N6O. The van der Waals surface area contributed by atoms with Crippen LogP contribution < -0.4 is 22.1 Å². The van der Waals surface area contributed by atoms with Gasteiger partial charge in [-0.15, -0.1) is 0 Å². The lowest BCUT2D eigenvalue weighted by Gasteiger charge is -2.11. The molecule has 0 atom stereocenters. The fourth-order valence-electron chi connectivity index (χ4n) is 3.31. The fraction of sp³-hybridized carbons (Fsp3) is 0.348. The molecule has 7 heteroatoms. The summed E-state index contributed by atoms with van der Waals surface area (Å²) in [6.45, 7) is 6.57. The van der Waals surface area contributed by atoms with Crippen molar-refractivity contribution in [3.05, 3.63) is 75.5 Å². The molecule has 0 fully saturated rings. The van der Waals surface area contributed by atoms with Gasteiger partial charge in [0.15, 0.2) is 5.96 Å². The molecule has 0 saturated heterocycles. The Bertz CT molecular complexity index is 1000. The highest BCUT2D eigenvalue weighted by Gasteiger charge is 2.12. The van der Waals surface area contributed by atoms with Crippen molar-refractivity contribution in [3.63, 3.8) is 0 Å². The van der Waals surface area contributed by atoms with E-state index in [-0.39, 0.29) is 11.6 Å². The van der Waals surface area contributed by atoms with Gasteiger partial charge < -0.3 is 16.4 Å². The Kier molecular flexibility index (Phi) is 7.19. The van der Waals surface area contributed by atoms with E-state index in [1.54, 1.807) is 4.57 Å². The van der Waals surface area contributed by atoms with E-state index in [9.17, 15) is 4.79 Å². The molecule has 7 nitrogen and oxygen atoms in total. The van der Waals surface area contributed by atoms with Crippen LogP contribution in [0.2, 0.25) is 0 Å². The van der Waals surface area contributed by atoms with Crippen LogP contribution >= 0.6 is 0 Å². The number of guanidine groups is 1. The molecule has 1 heterocycles. The van der Waals surface area contributed by atoms with E-state index in [0.717, 1.165) is 42.0 Å². The SMILES string of the molecule is CC(C)C1=Cc2cn(-c3ccc(CNCCCNC(=N)N)cc3)c(=O)nc2CC=C1. The van der Waals surface area contributed by atoms with E-state index in [4.69, 9.17) is 11.1 Å². The molecule has 158 valence electrons. The molecule has 2 aromatic rings. The molecule has 1 aromatic carbocycles. The van der Waals surface area contributed by atoms with Crippen LogP contribution in [0.3, 0.4) is 0 Å². The van der Waals surface area contributed by atoms with Crippen LogP contribution in [0.25, 0.3) is 11.8 Å². The first-order valence-electron chi connectivity index (χ1n) is 10.3. The first kappa shape index (κ1) is 21.5. The monoisotopic (exact) mass is 406 g/mol. The van der Waals surface area contributed by atoms with Crippen molar-refractivity contribution in [2.45, 2.75) is 33.2 Å². The van der Waals surface area contributed by atoms with Crippen molar-refractivity contribution in [1.29, 1.82) is 5.41 Å². The van der Waals surface area contributed by atoms with Crippen molar-refractivity contribution in [2.75, 3.05) is 13.1 Å². The standard InChI is InChI=1S/C23H30N6O/c1-16(2)18-5-3-6-21-19(13-18)15-29(23(30)28-21)20-9-7-17(8-10-20)14-26-11-4-12-27-22(24)25/h3,5,7-10,13,15-16,26H,4,6,11-12,14H2,1-2H3,(H4,24,25,27). The summed E-state index contributed by atoms with van der Waals surface area (Å²) >= 11 is 0.